The molecule has 0 radical (unpaired) electrons. The standard InChI is InChI=1S/C14H28/c1-6-13(4)8-7-9-14(5)11-10-12(2)3/h8,12,14H,6-7,9-11H2,1-5H3. The van der Waals surface area contributed by atoms with E-state index < -0.39 is 0 Å². The molecule has 0 saturated heterocycles. The minimum absolute atomic E-state index is 0.866. The van der Waals surface area contributed by atoms with Crippen LogP contribution in [0.2, 0.25) is 0 Å². The Morgan fingerprint density at radius 1 is 1.07 bits per heavy atom. The van der Waals surface area contributed by atoms with E-state index in [0.29, 0.717) is 0 Å². The van der Waals surface area contributed by atoms with Crippen LogP contribution in [0.1, 0.15) is 66.7 Å². The molecule has 0 aromatic heterocycles. The van der Waals surface area contributed by atoms with Crippen LogP contribution >= 0.6 is 0 Å². The molecule has 0 amide bonds. The van der Waals surface area contributed by atoms with Crippen LogP contribution < -0.4 is 0 Å². The van der Waals surface area contributed by atoms with E-state index in [2.05, 4.69) is 40.7 Å². The predicted octanol–water partition coefficient (Wildman–Crippen LogP) is 5.20. The quantitative estimate of drug-likeness (QED) is 0.491. The molecule has 0 aliphatic heterocycles. The minimum Gasteiger partial charge on any atom is -0.0856 e. The third-order valence-electron chi connectivity index (χ3n) is 2.95. The summed E-state index contributed by atoms with van der Waals surface area (Å²) < 4.78 is 0. The van der Waals surface area contributed by atoms with Gasteiger partial charge in [-0.15, -0.1) is 0 Å². The van der Waals surface area contributed by atoms with Crippen LogP contribution in [0, 0.1) is 11.8 Å². The summed E-state index contributed by atoms with van der Waals surface area (Å²) in [5.74, 6) is 1.77. The van der Waals surface area contributed by atoms with E-state index in [4.69, 9.17) is 0 Å². The third kappa shape index (κ3) is 8.34. The second-order valence-electron chi connectivity index (χ2n) is 5.06. The molecule has 0 aromatic rings. The van der Waals surface area contributed by atoms with Crippen LogP contribution in [-0.2, 0) is 0 Å². The van der Waals surface area contributed by atoms with Gasteiger partial charge in [-0.25, -0.2) is 0 Å². The second-order valence-corrected chi connectivity index (χ2v) is 5.06. The molecule has 14 heavy (non-hydrogen) atoms. The number of hydrogen-bond donors (Lipinski definition) is 0. The molecule has 0 rings (SSSR count). The molecule has 0 aliphatic carbocycles. The van der Waals surface area contributed by atoms with Crippen molar-refractivity contribution in [3.63, 3.8) is 0 Å². The zero-order valence-corrected chi connectivity index (χ0v) is 10.8. The summed E-state index contributed by atoms with van der Waals surface area (Å²) in [7, 11) is 0. The summed E-state index contributed by atoms with van der Waals surface area (Å²) in [5, 5.41) is 0. The Morgan fingerprint density at radius 3 is 2.21 bits per heavy atom. The zero-order valence-electron chi connectivity index (χ0n) is 10.8. The molecular weight excluding hydrogens is 168 g/mol. The molecule has 0 N–H and O–H groups in total. The largest absolute Gasteiger partial charge is 0.0856 e. The number of hydrogen-bond acceptors (Lipinski definition) is 0. The van der Waals surface area contributed by atoms with Crippen molar-refractivity contribution in [3.05, 3.63) is 11.6 Å². The lowest BCUT2D eigenvalue weighted by Crippen LogP contribution is -1.97. The maximum atomic E-state index is 2.41. The van der Waals surface area contributed by atoms with Crippen molar-refractivity contribution in [2.24, 2.45) is 11.8 Å². The Bertz CT molecular complexity index is 153. The van der Waals surface area contributed by atoms with Crippen molar-refractivity contribution in [3.8, 4) is 0 Å². The molecule has 1 unspecified atom stereocenters. The van der Waals surface area contributed by atoms with Crippen LogP contribution in [0.25, 0.3) is 0 Å². The van der Waals surface area contributed by atoms with E-state index in [0.717, 1.165) is 11.8 Å². The van der Waals surface area contributed by atoms with Crippen LogP contribution in [0.4, 0.5) is 0 Å². The van der Waals surface area contributed by atoms with Gasteiger partial charge in [0.2, 0.25) is 0 Å². The van der Waals surface area contributed by atoms with E-state index in [1.807, 2.05) is 0 Å². The van der Waals surface area contributed by atoms with Gasteiger partial charge in [0.1, 0.15) is 0 Å². The van der Waals surface area contributed by atoms with Crippen molar-refractivity contribution in [1.29, 1.82) is 0 Å². The molecule has 0 heteroatoms. The van der Waals surface area contributed by atoms with E-state index in [-0.39, 0.29) is 0 Å². The maximum absolute atomic E-state index is 2.41. The van der Waals surface area contributed by atoms with Gasteiger partial charge in [-0.05, 0) is 38.0 Å². The highest BCUT2D eigenvalue weighted by Crippen LogP contribution is 2.17. The lowest BCUT2D eigenvalue weighted by atomic mass is 9.95. The average molecular weight is 196 g/mol. The number of allylic oxidation sites excluding steroid dienone is 2. The molecule has 0 fully saturated rings. The molecule has 0 heterocycles. The van der Waals surface area contributed by atoms with Gasteiger partial charge < -0.3 is 0 Å². The molecule has 0 saturated carbocycles. The summed E-state index contributed by atoms with van der Waals surface area (Å²) in [4.78, 5) is 0. The topological polar surface area (TPSA) is 0 Å². The van der Waals surface area contributed by atoms with Crippen molar-refractivity contribution in [2.45, 2.75) is 66.7 Å². The van der Waals surface area contributed by atoms with Crippen molar-refractivity contribution < 1.29 is 0 Å². The maximum Gasteiger partial charge on any atom is -0.0346 e. The summed E-state index contributed by atoms with van der Waals surface area (Å²) in [6.07, 6.45) is 9.05. The van der Waals surface area contributed by atoms with Crippen LogP contribution in [-0.4, -0.2) is 0 Å². The van der Waals surface area contributed by atoms with Crippen LogP contribution in [0.5, 0.6) is 0 Å². The molecular formula is C14H28. The van der Waals surface area contributed by atoms with Gasteiger partial charge in [0.05, 0.1) is 0 Å². The fraction of sp³-hybridized carbons (Fsp3) is 0.857. The first-order valence-electron chi connectivity index (χ1n) is 6.21. The van der Waals surface area contributed by atoms with E-state index in [9.17, 15) is 0 Å². The lowest BCUT2D eigenvalue weighted by molar-refractivity contribution is 0.430. The highest BCUT2D eigenvalue weighted by atomic mass is 14.1. The van der Waals surface area contributed by atoms with Gasteiger partial charge in [-0.2, -0.15) is 0 Å². The number of rotatable bonds is 7. The Hall–Kier alpha value is -0.260. The normalized spacial score (nSPS) is 14.9. The summed E-state index contributed by atoms with van der Waals surface area (Å²) >= 11 is 0. The van der Waals surface area contributed by atoms with Crippen LogP contribution in [0.15, 0.2) is 11.6 Å². The fourth-order valence-corrected chi connectivity index (χ4v) is 1.52. The molecule has 1 atom stereocenters. The van der Waals surface area contributed by atoms with Crippen LogP contribution in [0.3, 0.4) is 0 Å². The third-order valence-corrected chi connectivity index (χ3v) is 2.95. The van der Waals surface area contributed by atoms with Crippen molar-refractivity contribution >= 4 is 0 Å². The Labute approximate surface area is 90.8 Å². The lowest BCUT2D eigenvalue weighted by Gasteiger charge is -2.11. The van der Waals surface area contributed by atoms with E-state index in [1.165, 1.54) is 32.1 Å². The van der Waals surface area contributed by atoms with Crippen molar-refractivity contribution in [1.82, 2.24) is 0 Å². The first kappa shape index (κ1) is 13.7. The molecule has 84 valence electrons. The molecule has 0 bridgehead atoms. The Kier molecular flexibility index (Phi) is 7.93. The van der Waals surface area contributed by atoms with Gasteiger partial charge >= 0.3 is 0 Å². The minimum atomic E-state index is 0.866. The summed E-state index contributed by atoms with van der Waals surface area (Å²) in [5.41, 5.74) is 1.54. The van der Waals surface area contributed by atoms with Gasteiger partial charge in [0.15, 0.2) is 0 Å². The first-order chi connectivity index (χ1) is 6.56. The molecule has 0 aromatic carbocycles. The Morgan fingerprint density at radius 2 is 1.71 bits per heavy atom. The molecule has 0 spiro atoms. The highest BCUT2D eigenvalue weighted by molar-refractivity contribution is 4.96. The van der Waals surface area contributed by atoms with Gasteiger partial charge in [0.25, 0.3) is 0 Å². The average Bonchev–Trinajstić information content (AvgIpc) is 2.14. The van der Waals surface area contributed by atoms with Gasteiger partial charge in [-0.3, -0.25) is 0 Å². The zero-order chi connectivity index (χ0) is 11.0. The first-order valence-corrected chi connectivity index (χ1v) is 6.21. The Balaban J connectivity index is 3.49. The van der Waals surface area contributed by atoms with E-state index in [1.54, 1.807) is 5.57 Å². The summed E-state index contributed by atoms with van der Waals surface area (Å²) in [6.45, 7) is 11.5. The van der Waals surface area contributed by atoms with Gasteiger partial charge in [0, 0.05) is 0 Å². The van der Waals surface area contributed by atoms with Crippen molar-refractivity contribution in [2.75, 3.05) is 0 Å². The highest BCUT2D eigenvalue weighted by Gasteiger charge is 2.02. The van der Waals surface area contributed by atoms with E-state index >= 15 is 0 Å². The smallest absolute Gasteiger partial charge is 0.0346 e. The van der Waals surface area contributed by atoms with Gasteiger partial charge in [-0.1, -0.05) is 52.2 Å². The molecule has 0 nitrogen and oxygen atoms in total. The monoisotopic (exact) mass is 196 g/mol. The predicted molar refractivity (Wildman–Crippen MR) is 66.5 cm³/mol. The molecule has 0 aliphatic rings. The summed E-state index contributed by atoms with van der Waals surface area (Å²) in [6, 6.07) is 0. The fourth-order valence-electron chi connectivity index (χ4n) is 1.52. The SMILES string of the molecule is CCC(C)=CCCC(C)CCC(C)C. The second kappa shape index (κ2) is 8.08.